The van der Waals surface area contributed by atoms with Gasteiger partial charge in [0.05, 0.1) is 6.54 Å². The number of anilines is 1. The van der Waals surface area contributed by atoms with E-state index in [0.29, 0.717) is 32.1 Å². The quantitative estimate of drug-likeness (QED) is 0.766. The summed E-state index contributed by atoms with van der Waals surface area (Å²) in [6.07, 6.45) is 6.29. The van der Waals surface area contributed by atoms with Crippen molar-refractivity contribution in [2.45, 2.75) is 44.6 Å². The summed E-state index contributed by atoms with van der Waals surface area (Å²) >= 11 is 0. The molecule has 3 amide bonds. The highest BCUT2D eigenvalue weighted by Crippen LogP contribution is 2.28. The van der Waals surface area contributed by atoms with Gasteiger partial charge in [0.2, 0.25) is 17.7 Å². The van der Waals surface area contributed by atoms with Gasteiger partial charge >= 0.3 is 0 Å². The first-order valence-corrected chi connectivity index (χ1v) is 10.1. The Kier molecular flexibility index (Phi) is 5.14. The van der Waals surface area contributed by atoms with Crippen LogP contribution in [-0.4, -0.2) is 59.7 Å². The molecule has 0 aromatic heterocycles. The molecular formula is C21H27N3O3. The predicted molar refractivity (Wildman–Crippen MR) is 102 cm³/mol. The molecule has 0 radical (unpaired) electrons. The molecule has 1 saturated carbocycles. The Morgan fingerprint density at radius 3 is 2.33 bits per heavy atom. The molecule has 0 spiro atoms. The number of hydrogen-bond acceptors (Lipinski definition) is 3. The number of para-hydroxylation sites is 1. The molecule has 3 aliphatic rings. The minimum absolute atomic E-state index is 0.0341. The molecule has 6 nitrogen and oxygen atoms in total. The third-order valence-corrected chi connectivity index (χ3v) is 6.16. The molecule has 27 heavy (non-hydrogen) atoms. The molecule has 2 heterocycles. The molecule has 1 atom stereocenters. The molecule has 0 bridgehead atoms. The Labute approximate surface area is 160 Å². The highest BCUT2D eigenvalue weighted by atomic mass is 16.2. The second kappa shape index (κ2) is 7.71. The van der Waals surface area contributed by atoms with Gasteiger partial charge in [-0.25, -0.2) is 0 Å². The standard InChI is InChI=1S/C21H27N3O3/c25-19-15-22(13-14-23(19)16-7-3-1-4-8-16)20(26)18-11-12-24(21(18)27)17-9-5-2-6-10-17/h2,5-6,9-10,16,18H,1,3-4,7-8,11-15H2/t18-/m1/s1. The first-order valence-electron chi connectivity index (χ1n) is 10.1. The van der Waals surface area contributed by atoms with Crippen LogP contribution in [0.15, 0.2) is 30.3 Å². The Morgan fingerprint density at radius 2 is 1.63 bits per heavy atom. The van der Waals surface area contributed by atoms with E-state index in [2.05, 4.69) is 0 Å². The average molecular weight is 369 g/mol. The fourth-order valence-corrected chi connectivity index (χ4v) is 4.65. The number of nitrogens with zero attached hydrogens (tertiary/aromatic N) is 3. The van der Waals surface area contributed by atoms with E-state index in [1.807, 2.05) is 35.2 Å². The summed E-state index contributed by atoms with van der Waals surface area (Å²) < 4.78 is 0. The van der Waals surface area contributed by atoms with Crippen molar-refractivity contribution in [1.29, 1.82) is 0 Å². The number of piperazine rings is 1. The Hall–Kier alpha value is -2.37. The van der Waals surface area contributed by atoms with E-state index in [4.69, 9.17) is 0 Å². The number of hydrogen-bond donors (Lipinski definition) is 0. The van der Waals surface area contributed by atoms with E-state index < -0.39 is 5.92 Å². The van der Waals surface area contributed by atoms with Gasteiger partial charge in [-0.3, -0.25) is 14.4 Å². The average Bonchev–Trinajstić information content (AvgIpc) is 3.10. The first-order chi connectivity index (χ1) is 13.1. The van der Waals surface area contributed by atoms with Gasteiger partial charge in [0.15, 0.2) is 0 Å². The lowest BCUT2D eigenvalue weighted by Gasteiger charge is -2.41. The van der Waals surface area contributed by atoms with Crippen molar-refractivity contribution in [3.8, 4) is 0 Å². The fourth-order valence-electron chi connectivity index (χ4n) is 4.65. The minimum atomic E-state index is -0.653. The topological polar surface area (TPSA) is 60.9 Å². The number of benzene rings is 1. The van der Waals surface area contributed by atoms with Crippen molar-refractivity contribution < 1.29 is 14.4 Å². The second-order valence-electron chi connectivity index (χ2n) is 7.81. The van der Waals surface area contributed by atoms with E-state index >= 15 is 0 Å². The zero-order chi connectivity index (χ0) is 18.8. The van der Waals surface area contributed by atoms with Gasteiger partial charge in [0.1, 0.15) is 5.92 Å². The van der Waals surface area contributed by atoms with Gasteiger partial charge < -0.3 is 14.7 Å². The van der Waals surface area contributed by atoms with Gasteiger partial charge in [0, 0.05) is 31.4 Å². The van der Waals surface area contributed by atoms with Gasteiger partial charge in [-0.15, -0.1) is 0 Å². The Balaban J connectivity index is 1.38. The van der Waals surface area contributed by atoms with Crippen LogP contribution < -0.4 is 4.90 Å². The van der Waals surface area contributed by atoms with Crippen molar-refractivity contribution in [3.05, 3.63) is 30.3 Å². The van der Waals surface area contributed by atoms with Crippen LogP contribution in [0.25, 0.3) is 0 Å². The maximum atomic E-state index is 12.9. The summed E-state index contributed by atoms with van der Waals surface area (Å²) in [6, 6.07) is 9.80. The zero-order valence-electron chi connectivity index (χ0n) is 15.7. The molecule has 0 unspecified atom stereocenters. The molecule has 144 valence electrons. The molecular weight excluding hydrogens is 342 g/mol. The van der Waals surface area contributed by atoms with E-state index in [1.165, 1.54) is 19.3 Å². The summed E-state index contributed by atoms with van der Waals surface area (Å²) in [5, 5.41) is 0. The number of amides is 3. The predicted octanol–water partition coefficient (Wildman–Crippen LogP) is 2.04. The third-order valence-electron chi connectivity index (χ3n) is 6.16. The molecule has 1 aliphatic carbocycles. The highest BCUT2D eigenvalue weighted by Gasteiger charge is 2.42. The van der Waals surface area contributed by atoms with Gasteiger partial charge in [-0.05, 0) is 31.4 Å². The summed E-state index contributed by atoms with van der Waals surface area (Å²) in [5.41, 5.74) is 0.830. The normalized spacial score (nSPS) is 24.6. The summed E-state index contributed by atoms with van der Waals surface area (Å²) in [6.45, 7) is 1.80. The molecule has 2 aliphatic heterocycles. The smallest absolute Gasteiger partial charge is 0.242 e. The van der Waals surface area contributed by atoms with Crippen molar-refractivity contribution in [2.24, 2.45) is 5.92 Å². The number of carbonyl (C=O) groups excluding carboxylic acids is 3. The van der Waals surface area contributed by atoms with E-state index in [-0.39, 0.29) is 24.3 Å². The molecule has 2 saturated heterocycles. The number of rotatable bonds is 3. The largest absolute Gasteiger partial charge is 0.336 e. The van der Waals surface area contributed by atoms with Crippen LogP contribution in [0.4, 0.5) is 5.69 Å². The molecule has 1 aromatic rings. The molecule has 3 fully saturated rings. The van der Waals surface area contributed by atoms with Crippen molar-refractivity contribution >= 4 is 23.4 Å². The van der Waals surface area contributed by atoms with E-state index in [9.17, 15) is 14.4 Å². The van der Waals surface area contributed by atoms with E-state index in [1.54, 1.807) is 9.80 Å². The molecule has 4 rings (SSSR count). The van der Waals surface area contributed by atoms with Crippen molar-refractivity contribution in [3.63, 3.8) is 0 Å². The molecule has 6 heteroatoms. The number of carbonyl (C=O) groups is 3. The van der Waals surface area contributed by atoms with Crippen LogP contribution in [-0.2, 0) is 14.4 Å². The monoisotopic (exact) mass is 369 g/mol. The Morgan fingerprint density at radius 1 is 0.889 bits per heavy atom. The lowest BCUT2D eigenvalue weighted by Crippen LogP contribution is -2.57. The Bertz CT molecular complexity index is 715. The van der Waals surface area contributed by atoms with Crippen molar-refractivity contribution in [1.82, 2.24) is 9.80 Å². The summed E-state index contributed by atoms with van der Waals surface area (Å²) in [7, 11) is 0. The minimum Gasteiger partial charge on any atom is -0.336 e. The first kappa shape index (κ1) is 18.0. The fraction of sp³-hybridized carbons (Fsp3) is 0.571. The third kappa shape index (κ3) is 3.57. The van der Waals surface area contributed by atoms with Gasteiger partial charge in [0.25, 0.3) is 0 Å². The maximum Gasteiger partial charge on any atom is 0.242 e. The van der Waals surface area contributed by atoms with Crippen molar-refractivity contribution in [2.75, 3.05) is 31.1 Å². The SMILES string of the molecule is O=C([C@H]1CCN(c2ccccc2)C1=O)N1CCN(C2CCCCC2)C(=O)C1. The highest BCUT2D eigenvalue weighted by molar-refractivity contribution is 6.10. The van der Waals surface area contributed by atoms with E-state index in [0.717, 1.165) is 18.5 Å². The summed E-state index contributed by atoms with van der Waals surface area (Å²) in [5.74, 6) is -0.950. The molecule has 0 N–H and O–H groups in total. The van der Waals surface area contributed by atoms with Crippen LogP contribution in [0.5, 0.6) is 0 Å². The maximum absolute atomic E-state index is 12.9. The van der Waals surface area contributed by atoms with Gasteiger partial charge in [-0.1, -0.05) is 37.5 Å². The molecule has 1 aromatic carbocycles. The van der Waals surface area contributed by atoms with Crippen LogP contribution in [0.3, 0.4) is 0 Å². The summed E-state index contributed by atoms with van der Waals surface area (Å²) in [4.78, 5) is 43.6. The van der Waals surface area contributed by atoms with Crippen LogP contribution in [0.1, 0.15) is 38.5 Å². The van der Waals surface area contributed by atoms with Crippen LogP contribution in [0.2, 0.25) is 0 Å². The lowest BCUT2D eigenvalue weighted by atomic mass is 9.93. The van der Waals surface area contributed by atoms with Crippen LogP contribution >= 0.6 is 0 Å². The van der Waals surface area contributed by atoms with Gasteiger partial charge in [-0.2, -0.15) is 0 Å². The van der Waals surface area contributed by atoms with Crippen LogP contribution in [0, 0.1) is 5.92 Å². The lowest BCUT2D eigenvalue weighted by molar-refractivity contribution is -0.151. The zero-order valence-corrected chi connectivity index (χ0v) is 15.7. The second-order valence-corrected chi connectivity index (χ2v) is 7.81.